The van der Waals surface area contributed by atoms with Gasteiger partial charge in [-0.15, -0.1) is 0 Å². The molecule has 0 aliphatic carbocycles. The van der Waals surface area contributed by atoms with Crippen LogP contribution in [0.3, 0.4) is 0 Å². The topological polar surface area (TPSA) is 110 Å². The molecule has 8 nitrogen and oxygen atoms in total. The van der Waals surface area contributed by atoms with Gasteiger partial charge in [0.05, 0.1) is 11.8 Å². The van der Waals surface area contributed by atoms with Crippen LogP contribution in [0, 0.1) is 0 Å². The Morgan fingerprint density at radius 1 is 1.12 bits per heavy atom. The maximum atomic E-state index is 12.6. The van der Waals surface area contributed by atoms with E-state index in [1.165, 1.54) is 12.8 Å². The summed E-state index contributed by atoms with van der Waals surface area (Å²) in [5, 5.41) is 3.02. The van der Waals surface area contributed by atoms with Gasteiger partial charge in [0.2, 0.25) is 5.89 Å². The molecule has 0 bridgehead atoms. The van der Waals surface area contributed by atoms with Crippen molar-refractivity contribution in [3.05, 3.63) is 60.6 Å². The average molecular weight is 428 g/mol. The molecule has 1 amide bonds. The SMILES string of the molecule is Nc1ncc(-c2cccc(C(=O)NCCN3CCCC3)c2)cc1-c1nc2cnccc2o1. The van der Waals surface area contributed by atoms with Crippen molar-refractivity contribution in [2.24, 2.45) is 0 Å². The summed E-state index contributed by atoms with van der Waals surface area (Å²) in [6, 6.07) is 11.1. The Labute approximate surface area is 185 Å². The number of fused-ring (bicyclic) bond motifs is 1. The highest BCUT2D eigenvalue weighted by Crippen LogP contribution is 2.31. The van der Waals surface area contributed by atoms with E-state index in [2.05, 4.69) is 25.2 Å². The number of aromatic nitrogens is 3. The molecule has 4 heterocycles. The highest BCUT2D eigenvalue weighted by molar-refractivity contribution is 5.95. The molecule has 3 aromatic heterocycles. The minimum Gasteiger partial charge on any atom is -0.436 e. The van der Waals surface area contributed by atoms with E-state index in [1.54, 1.807) is 24.7 Å². The van der Waals surface area contributed by atoms with Crippen LogP contribution in [-0.2, 0) is 0 Å². The first-order valence-corrected chi connectivity index (χ1v) is 10.7. The predicted octanol–water partition coefficient (Wildman–Crippen LogP) is 3.36. The number of nitrogens with zero attached hydrogens (tertiary/aromatic N) is 4. The number of anilines is 1. The van der Waals surface area contributed by atoms with E-state index in [1.807, 2.05) is 30.3 Å². The number of nitrogens with one attached hydrogen (secondary N) is 1. The lowest BCUT2D eigenvalue weighted by atomic mass is 10.0. The molecule has 8 heteroatoms. The number of benzene rings is 1. The minimum atomic E-state index is -0.0823. The molecule has 1 aliphatic heterocycles. The lowest BCUT2D eigenvalue weighted by Crippen LogP contribution is -2.33. The van der Waals surface area contributed by atoms with E-state index < -0.39 is 0 Å². The second-order valence-electron chi connectivity index (χ2n) is 7.90. The van der Waals surface area contributed by atoms with Gasteiger partial charge in [0.15, 0.2) is 5.58 Å². The first kappa shape index (κ1) is 20.1. The van der Waals surface area contributed by atoms with Gasteiger partial charge in [0.1, 0.15) is 11.3 Å². The standard InChI is InChI=1S/C24H24N6O2/c25-22-19(24-29-20-15-26-7-6-21(20)32-24)13-18(14-28-22)16-4-3-5-17(12-16)23(31)27-8-11-30-9-1-2-10-30/h3-7,12-15H,1-2,8-11H2,(H2,25,28)(H,27,31). The van der Waals surface area contributed by atoms with Crippen molar-refractivity contribution < 1.29 is 9.21 Å². The zero-order valence-electron chi connectivity index (χ0n) is 17.6. The summed E-state index contributed by atoms with van der Waals surface area (Å²) in [5.41, 5.74) is 10.3. The number of likely N-dealkylation sites (tertiary alicyclic amines) is 1. The molecule has 1 aromatic carbocycles. The van der Waals surface area contributed by atoms with Gasteiger partial charge in [-0.1, -0.05) is 12.1 Å². The summed E-state index contributed by atoms with van der Waals surface area (Å²) >= 11 is 0. The van der Waals surface area contributed by atoms with Crippen LogP contribution in [-0.4, -0.2) is 51.9 Å². The van der Waals surface area contributed by atoms with Crippen LogP contribution in [0.1, 0.15) is 23.2 Å². The van der Waals surface area contributed by atoms with Crippen molar-refractivity contribution in [3.63, 3.8) is 0 Å². The highest BCUT2D eigenvalue weighted by atomic mass is 16.3. The number of rotatable bonds is 6. The highest BCUT2D eigenvalue weighted by Gasteiger charge is 2.15. The van der Waals surface area contributed by atoms with Gasteiger partial charge in [-0.25, -0.2) is 9.97 Å². The quantitative estimate of drug-likeness (QED) is 0.484. The van der Waals surface area contributed by atoms with Crippen molar-refractivity contribution in [2.45, 2.75) is 12.8 Å². The number of pyridine rings is 2. The molecular weight excluding hydrogens is 404 g/mol. The second-order valence-corrected chi connectivity index (χ2v) is 7.90. The van der Waals surface area contributed by atoms with Gasteiger partial charge in [-0.05, 0) is 49.7 Å². The Kier molecular flexibility index (Phi) is 5.51. The Hall–Kier alpha value is -3.78. The summed E-state index contributed by atoms with van der Waals surface area (Å²) in [6.07, 6.45) is 7.47. The van der Waals surface area contributed by atoms with Gasteiger partial charge in [0, 0.05) is 42.7 Å². The van der Waals surface area contributed by atoms with E-state index in [-0.39, 0.29) is 5.91 Å². The van der Waals surface area contributed by atoms with E-state index >= 15 is 0 Å². The Balaban J connectivity index is 1.36. The molecular formula is C24H24N6O2. The van der Waals surface area contributed by atoms with Gasteiger partial charge in [0.25, 0.3) is 5.91 Å². The van der Waals surface area contributed by atoms with Crippen molar-refractivity contribution >= 4 is 22.8 Å². The Morgan fingerprint density at radius 2 is 2.00 bits per heavy atom. The lowest BCUT2D eigenvalue weighted by Gasteiger charge is -2.15. The molecule has 0 atom stereocenters. The third-order valence-electron chi connectivity index (χ3n) is 5.71. The van der Waals surface area contributed by atoms with Crippen LogP contribution < -0.4 is 11.1 Å². The Bertz CT molecular complexity index is 1230. The van der Waals surface area contributed by atoms with Gasteiger partial charge in [-0.3, -0.25) is 9.78 Å². The monoisotopic (exact) mass is 428 g/mol. The molecule has 1 fully saturated rings. The number of carbonyl (C=O) groups excluding carboxylic acids is 1. The van der Waals surface area contributed by atoms with Crippen molar-refractivity contribution in [1.82, 2.24) is 25.2 Å². The number of carbonyl (C=O) groups is 1. The van der Waals surface area contributed by atoms with Crippen LogP contribution in [0.25, 0.3) is 33.7 Å². The lowest BCUT2D eigenvalue weighted by molar-refractivity contribution is 0.0950. The maximum Gasteiger partial charge on any atom is 0.251 e. The number of nitrogen functional groups attached to an aromatic ring is 1. The molecule has 0 spiro atoms. The summed E-state index contributed by atoms with van der Waals surface area (Å²) in [4.78, 5) is 27.9. The molecule has 32 heavy (non-hydrogen) atoms. The van der Waals surface area contributed by atoms with Crippen LogP contribution in [0.4, 0.5) is 5.82 Å². The summed E-state index contributed by atoms with van der Waals surface area (Å²) in [6.45, 7) is 3.77. The number of amides is 1. The molecule has 3 N–H and O–H groups in total. The average Bonchev–Trinajstić information content (AvgIpc) is 3.49. The molecule has 162 valence electrons. The molecule has 1 saturated heterocycles. The first-order valence-electron chi connectivity index (χ1n) is 10.7. The largest absolute Gasteiger partial charge is 0.436 e. The van der Waals surface area contributed by atoms with E-state index in [9.17, 15) is 4.79 Å². The van der Waals surface area contributed by atoms with Crippen molar-refractivity contribution in [1.29, 1.82) is 0 Å². The number of oxazole rings is 1. The summed E-state index contributed by atoms with van der Waals surface area (Å²) in [5.74, 6) is 0.626. The van der Waals surface area contributed by atoms with Gasteiger partial charge in [-0.2, -0.15) is 0 Å². The molecule has 4 aromatic rings. The first-order chi connectivity index (χ1) is 15.7. The number of hydrogen-bond acceptors (Lipinski definition) is 7. The third kappa shape index (κ3) is 4.17. The zero-order chi connectivity index (χ0) is 21.9. The molecule has 5 rings (SSSR count). The van der Waals surface area contributed by atoms with Crippen LogP contribution in [0.2, 0.25) is 0 Å². The third-order valence-corrected chi connectivity index (χ3v) is 5.71. The fourth-order valence-electron chi connectivity index (χ4n) is 3.98. The molecule has 0 radical (unpaired) electrons. The summed E-state index contributed by atoms with van der Waals surface area (Å²) in [7, 11) is 0. The molecule has 1 aliphatic rings. The van der Waals surface area contributed by atoms with Crippen molar-refractivity contribution in [2.75, 3.05) is 31.9 Å². The predicted molar refractivity (Wildman–Crippen MR) is 123 cm³/mol. The van der Waals surface area contributed by atoms with Gasteiger partial charge >= 0.3 is 0 Å². The minimum absolute atomic E-state index is 0.0823. The fraction of sp³-hybridized carbons (Fsp3) is 0.250. The van der Waals surface area contributed by atoms with Crippen LogP contribution in [0.5, 0.6) is 0 Å². The van der Waals surface area contributed by atoms with Crippen LogP contribution in [0.15, 0.2) is 59.4 Å². The van der Waals surface area contributed by atoms with E-state index in [0.717, 1.165) is 30.8 Å². The maximum absolute atomic E-state index is 12.6. The van der Waals surface area contributed by atoms with Crippen molar-refractivity contribution in [3.8, 4) is 22.6 Å². The number of hydrogen-bond donors (Lipinski definition) is 2. The van der Waals surface area contributed by atoms with Gasteiger partial charge < -0.3 is 20.4 Å². The van der Waals surface area contributed by atoms with E-state index in [4.69, 9.17) is 10.2 Å². The molecule has 0 saturated carbocycles. The second kappa shape index (κ2) is 8.76. The number of nitrogens with two attached hydrogens (primary N) is 1. The smallest absolute Gasteiger partial charge is 0.251 e. The fourth-order valence-corrected chi connectivity index (χ4v) is 3.98. The zero-order valence-corrected chi connectivity index (χ0v) is 17.6. The normalized spacial score (nSPS) is 14.1. The van der Waals surface area contributed by atoms with Crippen LogP contribution >= 0.6 is 0 Å². The summed E-state index contributed by atoms with van der Waals surface area (Å²) < 4.78 is 5.83. The molecule has 0 unspecified atom stereocenters. The Morgan fingerprint density at radius 3 is 2.84 bits per heavy atom. The van der Waals surface area contributed by atoms with E-state index in [0.29, 0.717) is 40.5 Å².